The Morgan fingerprint density at radius 3 is 2.84 bits per heavy atom. The van der Waals surface area contributed by atoms with Gasteiger partial charge in [-0.05, 0) is 58.0 Å². The Hall–Kier alpha value is -1.83. The lowest BCUT2D eigenvalue weighted by Gasteiger charge is -2.26. The first-order valence-corrected chi connectivity index (χ1v) is 9.91. The van der Waals surface area contributed by atoms with Crippen molar-refractivity contribution < 1.29 is 0 Å². The summed E-state index contributed by atoms with van der Waals surface area (Å²) in [5, 5.41) is 6.31. The predicted octanol–water partition coefficient (Wildman–Crippen LogP) is 4.47. The summed E-state index contributed by atoms with van der Waals surface area (Å²) in [4.78, 5) is 12.2. The second-order valence-corrected chi connectivity index (χ2v) is 8.03. The fraction of sp³-hybridized carbons (Fsp3) is 0.167. The lowest BCUT2D eigenvalue weighted by Crippen LogP contribution is -2.28. The molecule has 0 aromatic carbocycles. The van der Waals surface area contributed by atoms with Crippen LogP contribution < -0.4 is 5.32 Å². The topological polar surface area (TPSA) is 41.1 Å². The third-order valence-corrected chi connectivity index (χ3v) is 6.27. The van der Waals surface area contributed by atoms with Crippen LogP contribution in [0.1, 0.15) is 28.2 Å². The van der Waals surface area contributed by atoms with Crippen LogP contribution in [0, 0.1) is 0 Å². The largest absolute Gasteiger partial charge is 0.352 e. The van der Waals surface area contributed by atoms with E-state index in [1.165, 1.54) is 4.88 Å². The van der Waals surface area contributed by atoms with E-state index in [1.54, 1.807) is 17.5 Å². The van der Waals surface area contributed by atoms with Gasteiger partial charge in [0.05, 0.1) is 17.8 Å². The summed E-state index contributed by atoms with van der Waals surface area (Å²) >= 11 is 11.0. The zero-order valence-corrected chi connectivity index (χ0v) is 16.4. The van der Waals surface area contributed by atoms with Crippen molar-refractivity contribution in [2.45, 2.75) is 18.6 Å². The van der Waals surface area contributed by atoms with Gasteiger partial charge in [-0.3, -0.25) is 9.97 Å². The molecule has 25 heavy (non-hydrogen) atoms. The van der Waals surface area contributed by atoms with Gasteiger partial charge in [0.25, 0.3) is 0 Å². The lowest BCUT2D eigenvalue weighted by atomic mass is 10.0. The van der Waals surface area contributed by atoms with Crippen molar-refractivity contribution in [1.82, 2.24) is 20.2 Å². The molecule has 0 spiro atoms. The molecule has 4 heterocycles. The van der Waals surface area contributed by atoms with Crippen LogP contribution in [0.4, 0.5) is 0 Å². The fourth-order valence-electron chi connectivity index (χ4n) is 3.06. The van der Waals surface area contributed by atoms with Gasteiger partial charge in [0.15, 0.2) is 5.11 Å². The second-order valence-electron chi connectivity index (χ2n) is 5.78. The van der Waals surface area contributed by atoms with Gasteiger partial charge in [0.2, 0.25) is 0 Å². The number of thiocarbonyl (C=S) groups is 1. The average Bonchev–Trinajstić information content (AvgIpc) is 3.20. The first-order chi connectivity index (χ1) is 12.2. The van der Waals surface area contributed by atoms with Crippen LogP contribution in [0.3, 0.4) is 0 Å². The molecular formula is C18H15BrN4S2. The SMILES string of the molecule is S=C1N[C@@H](c2ccccn2)[C@H](c2cc(Br)cs2)N1Cc1cccnc1. The molecule has 4 rings (SSSR count). The summed E-state index contributed by atoms with van der Waals surface area (Å²) in [6, 6.07) is 12.3. The van der Waals surface area contributed by atoms with E-state index >= 15 is 0 Å². The molecule has 7 heteroatoms. The standard InChI is InChI=1S/C18H15BrN4S2/c19-13-8-15(25-11-13)17-16(14-5-1-2-7-21-14)22-18(24)23(17)10-12-4-3-6-20-9-12/h1-9,11,16-17H,10H2,(H,22,24)/t16-,17-/m0/s1. The fourth-order valence-corrected chi connectivity index (χ4v) is 4.95. The molecule has 0 aliphatic carbocycles. The van der Waals surface area contributed by atoms with Gasteiger partial charge in [0.1, 0.15) is 0 Å². The summed E-state index contributed by atoms with van der Waals surface area (Å²) in [5.41, 5.74) is 2.13. The van der Waals surface area contributed by atoms with E-state index in [1.807, 2.05) is 36.7 Å². The molecule has 126 valence electrons. The van der Waals surface area contributed by atoms with Crippen molar-refractivity contribution >= 4 is 44.6 Å². The monoisotopic (exact) mass is 430 g/mol. The third kappa shape index (κ3) is 3.44. The van der Waals surface area contributed by atoms with Crippen LogP contribution in [0.2, 0.25) is 0 Å². The zero-order chi connectivity index (χ0) is 17.2. The Morgan fingerprint density at radius 1 is 1.24 bits per heavy atom. The lowest BCUT2D eigenvalue weighted by molar-refractivity contribution is 0.315. The van der Waals surface area contributed by atoms with Crippen molar-refractivity contribution in [3.8, 4) is 0 Å². The number of aromatic nitrogens is 2. The summed E-state index contributed by atoms with van der Waals surface area (Å²) in [5.74, 6) is 0. The van der Waals surface area contributed by atoms with Crippen LogP contribution in [0.25, 0.3) is 0 Å². The Labute approximate surface area is 164 Å². The van der Waals surface area contributed by atoms with Crippen molar-refractivity contribution in [3.05, 3.63) is 81.0 Å². The molecule has 3 aromatic heterocycles. The highest BCUT2D eigenvalue weighted by molar-refractivity contribution is 9.10. The summed E-state index contributed by atoms with van der Waals surface area (Å²) in [7, 11) is 0. The molecule has 3 aromatic rings. The molecule has 1 aliphatic rings. The molecule has 2 atom stereocenters. The van der Waals surface area contributed by atoms with E-state index in [9.17, 15) is 0 Å². The van der Waals surface area contributed by atoms with E-state index in [2.05, 4.69) is 53.6 Å². The molecule has 0 amide bonds. The van der Waals surface area contributed by atoms with E-state index in [-0.39, 0.29) is 12.1 Å². The molecule has 0 unspecified atom stereocenters. The number of hydrogen-bond donors (Lipinski definition) is 1. The Kier molecular flexibility index (Phi) is 4.78. The predicted molar refractivity (Wildman–Crippen MR) is 107 cm³/mol. The number of rotatable bonds is 4. The van der Waals surface area contributed by atoms with Gasteiger partial charge in [-0.15, -0.1) is 11.3 Å². The first kappa shape index (κ1) is 16.6. The maximum atomic E-state index is 5.66. The van der Waals surface area contributed by atoms with Crippen LogP contribution in [-0.4, -0.2) is 20.0 Å². The summed E-state index contributed by atoms with van der Waals surface area (Å²) < 4.78 is 1.09. The highest BCUT2D eigenvalue weighted by Crippen LogP contribution is 2.42. The number of pyridine rings is 2. The maximum Gasteiger partial charge on any atom is 0.170 e. The number of nitrogens with zero attached hydrogens (tertiary/aromatic N) is 3. The average molecular weight is 431 g/mol. The summed E-state index contributed by atoms with van der Waals surface area (Å²) in [6.45, 7) is 0.712. The smallest absolute Gasteiger partial charge is 0.170 e. The molecule has 1 N–H and O–H groups in total. The Morgan fingerprint density at radius 2 is 2.16 bits per heavy atom. The molecular weight excluding hydrogens is 416 g/mol. The van der Waals surface area contributed by atoms with Crippen LogP contribution in [0.5, 0.6) is 0 Å². The van der Waals surface area contributed by atoms with Crippen molar-refractivity contribution in [1.29, 1.82) is 0 Å². The highest BCUT2D eigenvalue weighted by atomic mass is 79.9. The molecule has 0 bridgehead atoms. The Bertz CT molecular complexity index is 869. The van der Waals surface area contributed by atoms with Gasteiger partial charge in [-0.25, -0.2) is 0 Å². The molecule has 4 nitrogen and oxygen atoms in total. The number of nitrogens with one attached hydrogen (secondary N) is 1. The minimum atomic E-state index is 0.0240. The third-order valence-electron chi connectivity index (χ3n) is 4.15. The van der Waals surface area contributed by atoms with E-state index in [0.29, 0.717) is 6.54 Å². The van der Waals surface area contributed by atoms with Gasteiger partial charge >= 0.3 is 0 Å². The summed E-state index contributed by atoms with van der Waals surface area (Å²) in [6.07, 6.45) is 5.50. The minimum absolute atomic E-state index is 0.0240. The van der Waals surface area contributed by atoms with Gasteiger partial charge in [-0.1, -0.05) is 12.1 Å². The second kappa shape index (κ2) is 7.19. The minimum Gasteiger partial charge on any atom is -0.352 e. The van der Waals surface area contributed by atoms with Crippen LogP contribution in [-0.2, 0) is 6.54 Å². The molecule has 0 saturated carbocycles. The molecule has 1 fully saturated rings. The number of thiophene rings is 1. The molecule has 1 aliphatic heterocycles. The van der Waals surface area contributed by atoms with Crippen LogP contribution in [0.15, 0.2) is 64.8 Å². The Balaban J connectivity index is 1.72. The van der Waals surface area contributed by atoms with E-state index in [4.69, 9.17) is 12.2 Å². The van der Waals surface area contributed by atoms with Crippen molar-refractivity contribution in [2.75, 3.05) is 0 Å². The maximum absolute atomic E-state index is 5.66. The van der Waals surface area contributed by atoms with Gasteiger partial charge in [0, 0.05) is 39.9 Å². The van der Waals surface area contributed by atoms with Crippen molar-refractivity contribution in [3.63, 3.8) is 0 Å². The molecule has 1 saturated heterocycles. The van der Waals surface area contributed by atoms with E-state index < -0.39 is 0 Å². The number of hydrogen-bond acceptors (Lipinski definition) is 4. The van der Waals surface area contributed by atoms with Gasteiger partial charge < -0.3 is 10.2 Å². The van der Waals surface area contributed by atoms with Gasteiger partial charge in [-0.2, -0.15) is 0 Å². The molecule has 0 radical (unpaired) electrons. The first-order valence-electron chi connectivity index (χ1n) is 7.83. The zero-order valence-electron chi connectivity index (χ0n) is 13.2. The number of halogens is 1. The quantitative estimate of drug-likeness (QED) is 0.618. The van der Waals surface area contributed by atoms with Crippen LogP contribution >= 0.6 is 39.5 Å². The normalized spacial score (nSPS) is 19.9. The van der Waals surface area contributed by atoms with E-state index in [0.717, 1.165) is 20.8 Å². The highest BCUT2D eigenvalue weighted by Gasteiger charge is 2.40. The van der Waals surface area contributed by atoms with Crippen molar-refractivity contribution in [2.24, 2.45) is 0 Å².